The Morgan fingerprint density at radius 1 is 0.958 bits per heavy atom. The van der Waals surface area contributed by atoms with Gasteiger partial charge in [0, 0.05) is 57.0 Å². The van der Waals surface area contributed by atoms with Crippen LogP contribution >= 0.6 is 0 Å². The van der Waals surface area contributed by atoms with Gasteiger partial charge in [0.15, 0.2) is 0 Å². The monoisotopic (exact) mass is 325 g/mol. The second-order valence-corrected chi connectivity index (χ2v) is 5.09. The molecule has 122 valence electrons. The predicted molar refractivity (Wildman–Crippen MR) is 86.5 cm³/mol. The minimum absolute atomic E-state index is 0.0754. The highest BCUT2D eigenvalue weighted by Crippen LogP contribution is 2.14. The Bertz CT molecular complexity index is 772. The van der Waals surface area contributed by atoms with E-state index in [9.17, 15) is 4.79 Å². The molecule has 3 rings (SSSR count). The highest BCUT2D eigenvalue weighted by molar-refractivity contribution is 5.86. The standard InChI is InChI=1S/C15H15N7O2/c16-2-1-11-7-17-14(18-8-11)21-3-5-22(6-4-21)15-19-9-12(10-20-15)13(23)24/h7-10H,3-6,16H2,(H,23,24). The number of nitrogens with zero attached hydrogens (tertiary/aromatic N) is 6. The second kappa shape index (κ2) is 6.78. The molecule has 24 heavy (non-hydrogen) atoms. The Balaban J connectivity index is 1.62. The number of rotatable bonds is 3. The first-order valence-corrected chi connectivity index (χ1v) is 7.26. The van der Waals surface area contributed by atoms with E-state index in [2.05, 4.69) is 36.8 Å². The van der Waals surface area contributed by atoms with Crippen molar-refractivity contribution in [2.45, 2.75) is 0 Å². The third-order valence-corrected chi connectivity index (χ3v) is 3.59. The number of hydrogen-bond acceptors (Lipinski definition) is 8. The van der Waals surface area contributed by atoms with Gasteiger partial charge in [-0.05, 0) is 5.92 Å². The second-order valence-electron chi connectivity index (χ2n) is 5.09. The van der Waals surface area contributed by atoms with E-state index < -0.39 is 5.97 Å². The average Bonchev–Trinajstić information content (AvgIpc) is 2.63. The molecule has 1 fully saturated rings. The lowest BCUT2D eigenvalue weighted by Gasteiger charge is -2.34. The quantitative estimate of drug-likeness (QED) is 0.571. The van der Waals surface area contributed by atoms with Crippen LogP contribution in [0.25, 0.3) is 0 Å². The van der Waals surface area contributed by atoms with Gasteiger partial charge in [-0.2, -0.15) is 0 Å². The van der Waals surface area contributed by atoms with Gasteiger partial charge < -0.3 is 20.6 Å². The van der Waals surface area contributed by atoms with Crippen LogP contribution in [0.2, 0.25) is 0 Å². The van der Waals surface area contributed by atoms with Crippen LogP contribution in [-0.4, -0.2) is 57.2 Å². The molecule has 0 atom stereocenters. The maximum atomic E-state index is 10.8. The van der Waals surface area contributed by atoms with Gasteiger partial charge in [-0.3, -0.25) is 0 Å². The van der Waals surface area contributed by atoms with Crippen molar-refractivity contribution in [1.29, 1.82) is 0 Å². The van der Waals surface area contributed by atoms with Gasteiger partial charge in [0.25, 0.3) is 0 Å². The molecule has 0 aliphatic carbocycles. The summed E-state index contributed by atoms with van der Waals surface area (Å²) in [6, 6.07) is 2.32. The normalized spacial score (nSPS) is 14.0. The van der Waals surface area contributed by atoms with Crippen LogP contribution in [0, 0.1) is 12.0 Å². The molecule has 0 aromatic carbocycles. The number of piperazine rings is 1. The summed E-state index contributed by atoms with van der Waals surface area (Å²) in [4.78, 5) is 31.7. The molecule has 1 saturated heterocycles. The van der Waals surface area contributed by atoms with Crippen molar-refractivity contribution in [3.8, 4) is 12.0 Å². The number of anilines is 2. The highest BCUT2D eigenvalue weighted by Gasteiger charge is 2.21. The predicted octanol–water partition coefficient (Wildman–Crippen LogP) is -0.441. The maximum Gasteiger partial charge on any atom is 0.338 e. The molecule has 0 spiro atoms. The number of aromatic nitrogens is 4. The molecule has 9 heteroatoms. The van der Waals surface area contributed by atoms with E-state index in [1.807, 2.05) is 4.90 Å². The zero-order valence-corrected chi connectivity index (χ0v) is 12.8. The molecule has 1 aliphatic rings. The van der Waals surface area contributed by atoms with E-state index in [4.69, 9.17) is 10.8 Å². The molecule has 0 bridgehead atoms. The Hall–Kier alpha value is -3.41. The van der Waals surface area contributed by atoms with E-state index in [-0.39, 0.29) is 5.56 Å². The van der Waals surface area contributed by atoms with Gasteiger partial charge in [0.05, 0.1) is 11.1 Å². The van der Waals surface area contributed by atoms with Crippen LogP contribution in [0.3, 0.4) is 0 Å². The molecule has 2 aromatic rings. The third-order valence-electron chi connectivity index (χ3n) is 3.59. The summed E-state index contributed by atoms with van der Waals surface area (Å²) < 4.78 is 0. The SMILES string of the molecule is NC#Cc1cnc(N2CCN(c3ncc(C(=O)O)cn3)CC2)nc1. The number of carbonyl (C=O) groups is 1. The summed E-state index contributed by atoms with van der Waals surface area (Å²) in [6.45, 7) is 2.82. The molecular formula is C15H15N7O2. The first kappa shape index (κ1) is 15.5. The van der Waals surface area contributed by atoms with E-state index in [1.165, 1.54) is 12.4 Å². The van der Waals surface area contributed by atoms with Crippen LogP contribution in [-0.2, 0) is 0 Å². The lowest BCUT2D eigenvalue weighted by atomic mass is 10.3. The van der Waals surface area contributed by atoms with Crippen LogP contribution < -0.4 is 15.5 Å². The lowest BCUT2D eigenvalue weighted by molar-refractivity contribution is 0.0696. The van der Waals surface area contributed by atoms with Gasteiger partial charge in [0.2, 0.25) is 11.9 Å². The molecule has 2 aromatic heterocycles. The molecule has 3 N–H and O–H groups in total. The Morgan fingerprint density at radius 2 is 1.42 bits per heavy atom. The average molecular weight is 325 g/mol. The van der Waals surface area contributed by atoms with Crippen molar-refractivity contribution >= 4 is 17.9 Å². The first-order chi connectivity index (χ1) is 11.7. The van der Waals surface area contributed by atoms with Crippen LogP contribution in [0.4, 0.5) is 11.9 Å². The Kier molecular flexibility index (Phi) is 4.38. The van der Waals surface area contributed by atoms with Crippen molar-refractivity contribution in [1.82, 2.24) is 19.9 Å². The molecule has 9 nitrogen and oxygen atoms in total. The summed E-state index contributed by atoms with van der Waals surface area (Å²) >= 11 is 0. The van der Waals surface area contributed by atoms with Gasteiger partial charge in [-0.1, -0.05) is 0 Å². The number of carboxylic acid groups (broad SMARTS) is 1. The molecule has 0 saturated carbocycles. The lowest BCUT2D eigenvalue weighted by Crippen LogP contribution is -2.47. The summed E-state index contributed by atoms with van der Waals surface area (Å²) in [5.74, 6) is 2.82. The van der Waals surface area contributed by atoms with Crippen molar-refractivity contribution in [2.24, 2.45) is 5.73 Å². The molecular weight excluding hydrogens is 310 g/mol. The summed E-state index contributed by atoms with van der Waals surface area (Å²) in [5, 5.41) is 8.87. The van der Waals surface area contributed by atoms with Crippen molar-refractivity contribution in [3.63, 3.8) is 0 Å². The fourth-order valence-electron chi connectivity index (χ4n) is 2.33. The number of nitrogens with two attached hydrogens (primary N) is 1. The van der Waals surface area contributed by atoms with E-state index >= 15 is 0 Å². The van der Waals surface area contributed by atoms with Crippen LogP contribution in [0.1, 0.15) is 15.9 Å². The minimum atomic E-state index is -1.04. The van der Waals surface area contributed by atoms with Crippen LogP contribution in [0.5, 0.6) is 0 Å². The van der Waals surface area contributed by atoms with Gasteiger partial charge in [-0.15, -0.1) is 0 Å². The van der Waals surface area contributed by atoms with E-state index in [0.29, 0.717) is 43.6 Å². The van der Waals surface area contributed by atoms with Gasteiger partial charge in [0.1, 0.15) is 0 Å². The molecule has 1 aliphatic heterocycles. The summed E-state index contributed by atoms with van der Waals surface area (Å²) in [5.41, 5.74) is 5.91. The Labute approximate surface area is 138 Å². The maximum absolute atomic E-state index is 10.8. The molecule has 0 radical (unpaired) electrons. The van der Waals surface area contributed by atoms with E-state index in [0.717, 1.165) is 0 Å². The number of hydrogen-bond donors (Lipinski definition) is 2. The molecule has 0 amide bonds. The van der Waals surface area contributed by atoms with E-state index in [1.54, 1.807) is 12.4 Å². The minimum Gasteiger partial charge on any atom is -0.478 e. The zero-order valence-electron chi connectivity index (χ0n) is 12.8. The molecule has 3 heterocycles. The smallest absolute Gasteiger partial charge is 0.338 e. The fraction of sp³-hybridized carbons (Fsp3) is 0.267. The molecule has 0 unspecified atom stereocenters. The fourth-order valence-corrected chi connectivity index (χ4v) is 2.33. The summed E-state index contributed by atoms with van der Waals surface area (Å²) in [6.07, 6.45) is 5.92. The first-order valence-electron chi connectivity index (χ1n) is 7.26. The van der Waals surface area contributed by atoms with Gasteiger partial charge >= 0.3 is 5.97 Å². The van der Waals surface area contributed by atoms with Crippen molar-refractivity contribution in [3.05, 3.63) is 35.9 Å². The topological polar surface area (TPSA) is 121 Å². The Morgan fingerprint density at radius 3 is 1.83 bits per heavy atom. The largest absolute Gasteiger partial charge is 0.478 e. The number of aromatic carboxylic acids is 1. The van der Waals surface area contributed by atoms with Crippen molar-refractivity contribution in [2.75, 3.05) is 36.0 Å². The number of carboxylic acids is 1. The zero-order chi connectivity index (χ0) is 16.9. The summed E-state index contributed by atoms with van der Waals surface area (Å²) in [7, 11) is 0. The highest BCUT2D eigenvalue weighted by atomic mass is 16.4. The van der Waals surface area contributed by atoms with Crippen molar-refractivity contribution < 1.29 is 9.90 Å². The van der Waals surface area contributed by atoms with Crippen LogP contribution in [0.15, 0.2) is 24.8 Å². The third kappa shape index (κ3) is 3.33. The van der Waals surface area contributed by atoms with Gasteiger partial charge in [-0.25, -0.2) is 24.7 Å².